The third-order valence-corrected chi connectivity index (χ3v) is 10.1. The largest absolute Gasteiger partial charge is 0.310 e. The van der Waals surface area contributed by atoms with Gasteiger partial charge in [0.15, 0.2) is 0 Å². The molecule has 0 saturated carbocycles. The van der Waals surface area contributed by atoms with E-state index in [1.807, 2.05) is 0 Å². The minimum Gasteiger partial charge on any atom is -0.310 e. The summed E-state index contributed by atoms with van der Waals surface area (Å²) in [6, 6.07) is 9.45. The van der Waals surface area contributed by atoms with Crippen LogP contribution in [0.25, 0.3) is 15.3 Å². The summed E-state index contributed by atoms with van der Waals surface area (Å²) in [5.41, 5.74) is 0.896. The average Bonchev–Trinajstić information content (AvgIpc) is 3.52. The van der Waals surface area contributed by atoms with Gasteiger partial charge in [-0.05, 0) is 44.0 Å². The Hall–Kier alpha value is -2.38. The highest BCUT2D eigenvalue weighted by Crippen LogP contribution is 2.32. The van der Waals surface area contributed by atoms with Gasteiger partial charge in [-0.3, -0.25) is 4.79 Å². The Labute approximate surface area is 208 Å². The number of hydrogen-bond acceptors (Lipinski definition) is 7. The van der Waals surface area contributed by atoms with Crippen LogP contribution in [0.2, 0.25) is 4.34 Å². The summed E-state index contributed by atoms with van der Waals surface area (Å²) in [6.45, 7) is 2.19. The first-order valence-electron chi connectivity index (χ1n) is 10.4. The van der Waals surface area contributed by atoms with Crippen molar-refractivity contribution in [2.24, 2.45) is 5.92 Å². The maximum absolute atomic E-state index is 14.1. The molecule has 1 aromatic carbocycles. The van der Waals surface area contributed by atoms with Crippen LogP contribution in [-0.4, -0.2) is 46.5 Å². The lowest BCUT2D eigenvalue weighted by Crippen LogP contribution is -2.43. The summed E-state index contributed by atoms with van der Waals surface area (Å²) in [5, 5.41) is 7.70. The van der Waals surface area contributed by atoms with Crippen LogP contribution < -0.4 is 5.32 Å². The second-order valence-electron chi connectivity index (χ2n) is 7.92. The summed E-state index contributed by atoms with van der Waals surface area (Å²) in [5.74, 6) is -0.870. The number of aryl methyl sites for hydroxylation is 1. The molecular formula is C21H19ClFN5O3S3. The number of nitrogens with zero attached hydrogens (tertiary/aromatic N) is 4. The maximum Gasteiger partial charge on any atom is 0.252 e. The lowest BCUT2D eigenvalue weighted by molar-refractivity contribution is -0.120. The van der Waals surface area contributed by atoms with E-state index < -0.39 is 21.8 Å². The first kappa shape index (κ1) is 23.4. The number of anilines is 1. The fraction of sp³-hybridized carbons (Fsp3) is 0.286. The van der Waals surface area contributed by atoms with Crippen molar-refractivity contribution in [1.82, 2.24) is 19.1 Å². The molecule has 5 rings (SSSR count). The quantitative estimate of drug-likeness (QED) is 0.397. The molecule has 0 aliphatic carbocycles. The van der Waals surface area contributed by atoms with Gasteiger partial charge >= 0.3 is 0 Å². The van der Waals surface area contributed by atoms with Crippen molar-refractivity contribution in [3.63, 3.8) is 0 Å². The molecule has 4 heterocycles. The number of piperidine rings is 1. The van der Waals surface area contributed by atoms with Crippen LogP contribution in [-0.2, 0) is 14.8 Å². The molecule has 13 heteroatoms. The number of thiazole rings is 1. The number of aromatic nitrogens is 3. The fourth-order valence-electron chi connectivity index (χ4n) is 3.89. The standard InChI is InChI=1S/C21H19ClFN5O3S3/c1-12-10-17(28(26-12)21-25-19-14(23)5-2-6-15(19)32-21)24-20(29)13-4-3-9-27(11-13)34(30,31)18-8-7-16(22)33-18/h2,5-8,10,13H,3-4,9,11H2,1H3,(H,24,29). The van der Waals surface area contributed by atoms with E-state index in [0.717, 1.165) is 11.3 Å². The number of fused-ring (bicyclic) bond motifs is 1. The van der Waals surface area contributed by atoms with Crippen LogP contribution >= 0.6 is 34.3 Å². The number of halogens is 2. The zero-order valence-electron chi connectivity index (χ0n) is 17.9. The number of thiophene rings is 1. The zero-order valence-corrected chi connectivity index (χ0v) is 21.1. The van der Waals surface area contributed by atoms with Gasteiger partial charge in [-0.1, -0.05) is 29.0 Å². The number of para-hydroxylation sites is 1. The first-order chi connectivity index (χ1) is 16.2. The molecule has 0 spiro atoms. The minimum atomic E-state index is -3.72. The second kappa shape index (κ2) is 9.00. The van der Waals surface area contributed by atoms with Crippen LogP contribution in [0, 0.1) is 18.7 Å². The van der Waals surface area contributed by atoms with Gasteiger partial charge in [0.05, 0.1) is 20.6 Å². The molecule has 1 amide bonds. The van der Waals surface area contributed by atoms with E-state index in [-0.39, 0.29) is 22.2 Å². The van der Waals surface area contributed by atoms with Crippen molar-refractivity contribution in [2.45, 2.75) is 24.0 Å². The van der Waals surface area contributed by atoms with E-state index in [2.05, 4.69) is 15.4 Å². The Bertz CT molecular complexity index is 1500. The lowest BCUT2D eigenvalue weighted by atomic mass is 9.99. The maximum atomic E-state index is 14.1. The normalized spacial score (nSPS) is 17.3. The first-order valence-corrected chi connectivity index (χ1v) is 13.9. The molecule has 34 heavy (non-hydrogen) atoms. The van der Waals surface area contributed by atoms with Crippen LogP contribution in [0.1, 0.15) is 18.5 Å². The molecule has 1 atom stereocenters. The van der Waals surface area contributed by atoms with Crippen molar-refractivity contribution < 1.29 is 17.6 Å². The van der Waals surface area contributed by atoms with Gasteiger partial charge in [0.25, 0.3) is 10.0 Å². The highest BCUT2D eigenvalue weighted by Gasteiger charge is 2.34. The molecule has 1 N–H and O–H groups in total. The number of carbonyl (C=O) groups excluding carboxylic acids is 1. The average molecular weight is 540 g/mol. The number of amides is 1. The van der Waals surface area contributed by atoms with E-state index in [9.17, 15) is 17.6 Å². The lowest BCUT2D eigenvalue weighted by Gasteiger charge is -2.30. The van der Waals surface area contributed by atoms with Crippen molar-refractivity contribution >= 4 is 66.2 Å². The third kappa shape index (κ3) is 4.36. The summed E-state index contributed by atoms with van der Waals surface area (Å²) in [4.78, 5) is 17.5. The van der Waals surface area contributed by atoms with Crippen LogP contribution in [0.5, 0.6) is 0 Å². The molecule has 1 unspecified atom stereocenters. The van der Waals surface area contributed by atoms with Crippen molar-refractivity contribution in [3.8, 4) is 5.13 Å². The van der Waals surface area contributed by atoms with Gasteiger partial charge in [0.2, 0.25) is 11.0 Å². The second-order valence-corrected chi connectivity index (χ2v) is 12.8. The van der Waals surface area contributed by atoms with E-state index in [1.54, 1.807) is 31.2 Å². The molecule has 4 aromatic rings. The van der Waals surface area contributed by atoms with Gasteiger partial charge in [0.1, 0.15) is 21.4 Å². The topological polar surface area (TPSA) is 97.2 Å². The zero-order chi connectivity index (χ0) is 24.0. The summed E-state index contributed by atoms with van der Waals surface area (Å²) >= 11 is 8.17. The Morgan fingerprint density at radius 2 is 2.09 bits per heavy atom. The summed E-state index contributed by atoms with van der Waals surface area (Å²) in [7, 11) is -3.72. The molecule has 178 valence electrons. The molecule has 8 nitrogen and oxygen atoms in total. The highest BCUT2D eigenvalue weighted by molar-refractivity contribution is 7.91. The summed E-state index contributed by atoms with van der Waals surface area (Å²) < 4.78 is 44.1. The summed E-state index contributed by atoms with van der Waals surface area (Å²) in [6.07, 6.45) is 1.12. The number of rotatable bonds is 5. The van der Waals surface area contributed by atoms with Crippen molar-refractivity contribution in [3.05, 3.63) is 52.2 Å². The van der Waals surface area contributed by atoms with E-state index in [0.29, 0.717) is 45.1 Å². The Morgan fingerprint density at radius 3 is 2.82 bits per heavy atom. The molecule has 1 aliphatic rings. The van der Waals surface area contributed by atoms with Gasteiger partial charge in [-0.2, -0.15) is 14.1 Å². The minimum absolute atomic E-state index is 0.0726. The Morgan fingerprint density at radius 1 is 1.26 bits per heavy atom. The molecule has 0 radical (unpaired) electrons. The van der Waals surface area contributed by atoms with Gasteiger partial charge in [-0.25, -0.2) is 17.8 Å². The van der Waals surface area contributed by atoms with E-state index in [4.69, 9.17) is 11.6 Å². The van der Waals surface area contributed by atoms with Gasteiger partial charge < -0.3 is 5.32 Å². The van der Waals surface area contributed by atoms with Gasteiger partial charge in [-0.15, -0.1) is 11.3 Å². The molecule has 1 fully saturated rings. The van der Waals surface area contributed by atoms with E-state index in [1.165, 1.54) is 32.5 Å². The Balaban J connectivity index is 1.37. The monoisotopic (exact) mass is 539 g/mol. The molecular weight excluding hydrogens is 521 g/mol. The number of sulfonamides is 1. The predicted octanol–water partition coefficient (Wildman–Crippen LogP) is 4.68. The number of benzene rings is 1. The fourth-order valence-corrected chi connectivity index (χ4v) is 8.00. The van der Waals surface area contributed by atoms with E-state index >= 15 is 0 Å². The number of nitrogens with one attached hydrogen (secondary N) is 1. The third-order valence-electron chi connectivity index (χ3n) is 5.52. The van der Waals surface area contributed by atoms with Crippen LogP contribution in [0.15, 0.2) is 40.6 Å². The Kier molecular flexibility index (Phi) is 6.19. The highest BCUT2D eigenvalue weighted by atomic mass is 35.5. The molecule has 1 saturated heterocycles. The predicted molar refractivity (Wildman–Crippen MR) is 131 cm³/mol. The number of hydrogen-bond donors (Lipinski definition) is 1. The molecule has 1 aliphatic heterocycles. The SMILES string of the molecule is Cc1cc(NC(=O)C2CCCN(S(=O)(=O)c3ccc(Cl)s3)C2)n(-c2nc3c(F)cccc3s2)n1. The van der Waals surface area contributed by atoms with Gasteiger partial charge in [0, 0.05) is 19.2 Å². The van der Waals surface area contributed by atoms with Crippen LogP contribution in [0.3, 0.4) is 0 Å². The van der Waals surface area contributed by atoms with Crippen LogP contribution in [0.4, 0.5) is 10.2 Å². The van der Waals surface area contributed by atoms with Crippen molar-refractivity contribution in [2.75, 3.05) is 18.4 Å². The molecule has 3 aromatic heterocycles. The smallest absolute Gasteiger partial charge is 0.252 e. The molecule has 0 bridgehead atoms. The van der Waals surface area contributed by atoms with Crippen molar-refractivity contribution in [1.29, 1.82) is 0 Å². The number of carbonyl (C=O) groups is 1.